The van der Waals surface area contributed by atoms with Gasteiger partial charge >= 0.3 is 6.61 Å². The Morgan fingerprint density at radius 3 is 2.90 bits per heavy atom. The molecule has 0 atom stereocenters. The maximum atomic E-state index is 12.4. The van der Waals surface area contributed by atoms with Gasteiger partial charge < -0.3 is 14.2 Å². The van der Waals surface area contributed by atoms with E-state index in [0.717, 1.165) is 38.5 Å². The number of benzene rings is 1. The maximum Gasteiger partial charge on any atom is 0.387 e. The minimum atomic E-state index is -2.94. The lowest BCUT2D eigenvalue weighted by atomic mass is 10.2. The molecule has 1 amide bonds. The third-order valence-electron chi connectivity index (χ3n) is 4.10. The first-order valence-corrected chi connectivity index (χ1v) is 9.78. The first-order valence-electron chi connectivity index (χ1n) is 8.90. The van der Waals surface area contributed by atoms with E-state index in [1.54, 1.807) is 12.1 Å². The van der Waals surface area contributed by atoms with Crippen molar-refractivity contribution in [2.75, 3.05) is 38.7 Å². The van der Waals surface area contributed by atoms with E-state index in [4.69, 9.17) is 9.47 Å². The van der Waals surface area contributed by atoms with Gasteiger partial charge in [-0.25, -0.2) is 4.98 Å². The van der Waals surface area contributed by atoms with Crippen molar-refractivity contribution in [3.05, 3.63) is 40.9 Å². The van der Waals surface area contributed by atoms with Gasteiger partial charge in [-0.1, -0.05) is 6.07 Å². The zero-order valence-electron chi connectivity index (χ0n) is 15.8. The van der Waals surface area contributed by atoms with Crippen LogP contribution in [0.1, 0.15) is 11.3 Å². The molecular formula is C19H21F2N3O4S. The predicted molar refractivity (Wildman–Crippen MR) is 105 cm³/mol. The van der Waals surface area contributed by atoms with Gasteiger partial charge in [0.2, 0.25) is 5.91 Å². The van der Waals surface area contributed by atoms with Crippen LogP contribution in [0.4, 0.5) is 13.9 Å². The predicted octanol–water partition coefficient (Wildman–Crippen LogP) is 3.24. The van der Waals surface area contributed by atoms with E-state index in [-0.39, 0.29) is 17.4 Å². The fourth-order valence-corrected chi connectivity index (χ4v) is 3.43. The molecule has 1 aliphatic rings. The van der Waals surface area contributed by atoms with Crippen LogP contribution >= 0.6 is 11.3 Å². The number of nitrogens with zero attached hydrogens (tertiary/aromatic N) is 2. The van der Waals surface area contributed by atoms with Gasteiger partial charge in [-0.05, 0) is 23.8 Å². The first-order chi connectivity index (χ1) is 14.0. The molecule has 3 rings (SSSR count). The summed E-state index contributed by atoms with van der Waals surface area (Å²) in [6, 6.07) is 4.42. The van der Waals surface area contributed by atoms with Crippen molar-refractivity contribution < 1.29 is 27.8 Å². The monoisotopic (exact) mass is 425 g/mol. The van der Waals surface area contributed by atoms with Gasteiger partial charge in [0, 0.05) is 31.1 Å². The number of thiazole rings is 1. The molecule has 1 aromatic heterocycles. The van der Waals surface area contributed by atoms with Crippen LogP contribution in [-0.4, -0.2) is 55.8 Å². The lowest BCUT2D eigenvalue weighted by molar-refractivity contribution is -0.111. The molecule has 0 spiro atoms. The minimum absolute atomic E-state index is 0.0697. The molecule has 1 aliphatic heterocycles. The Bertz CT molecular complexity index is 854. The number of hydrogen-bond donors (Lipinski definition) is 1. The number of amides is 1. The van der Waals surface area contributed by atoms with Gasteiger partial charge in [0.25, 0.3) is 0 Å². The molecule has 7 nitrogen and oxygen atoms in total. The third-order valence-corrected chi connectivity index (χ3v) is 4.91. The number of methoxy groups -OCH3 is 1. The van der Waals surface area contributed by atoms with E-state index in [9.17, 15) is 13.6 Å². The number of hydrogen-bond acceptors (Lipinski definition) is 7. The molecule has 0 bridgehead atoms. The molecule has 29 heavy (non-hydrogen) atoms. The summed E-state index contributed by atoms with van der Waals surface area (Å²) in [7, 11) is 1.35. The molecule has 2 heterocycles. The molecule has 1 saturated heterocycles. The quantitative estimate of drug-likeness (QED) is 0.655. The molecule has 0 aliphatic carbocycles. The van der Waals surface area contributed by atoms with E-state index in [1.807, 2.05) is 5.38 Å². The number of morpholine rings is 1. The lowest BCUT2D eigenvalue weighted by Gasteiger charge is -2.25. The SMILES string of the molecule is COc1cc(/C=C/C(=O)Nc2nc(CN3CCOCC3)cs2)ccc1OC(F)F. The zero-order chi connectivity index (χ0) is 20.6. The fourth-order valence-electron chi connectivity index (χ4n) is 2.73. The first kappa shape index (κ1) is 21.2. The van der Waals surface area contributed by atoms with Crippen molar-refractivity contribution in [1.82, 2.24) is 9.88 Å². The highest BCUT2D eigenvalue weighted by Gasteiger charge is 2.13. The van der Waals surface area contributed by atoms with Crippen molar-refractivity contribution in [2.24, 2.45) is 0 Å². The zero-order valence-corrected chi connectivity index (χ0v) is 16.6. The van der Waals surface area contributed by atoms with Crippen molar-refractivity contribution in [3.8, 4) is 11.5 Å². The van der Waals surface area contributed by atoms with Crippen LogP contribution in [0.3, 0.4) is 0 Å². The second-order valence-electron chi connectivity index (χ2n) is 6.14. The highest BCUT2D eigenvalue weighted by molar-refractivity contribution is 7.13. The molecule has 0 unspecified atom stereocenters. The summed E-state index contributed by atoms with van der Waals surface area (Å²) in [5.74, 6) is -0.260. The summed E-state index contributed by atoms with van der Waals surface area (Å²) < 4.78 is 39.5. The number of nitrogens with one attached hydrogen (secondary N) is 1. The molecule has 10 heteroatoms. The van der Waals surface area contributed by atoms with Crippen molar-refractivity contribution in [2.45, 2.75) is 13.2 Å². The Morgan fingerprint density at radius 1 is 1.38 bits per heavy atom. The Morgan fingerprint density at radius 2 is 2.17 bits per heavy atom. The second-order valence-corrected chi connectivity index (χ2v) is 7.00. The average molecular weight is 425 g/mol. The Balaban J connectivity index is 1.55. The number of aromatic nitrogens is 1. The molecule has 1 aromatic carbocycles. The second kappa shape index (κ2) is 10.3. The Kier molecular flexibility index (Phi) is 7.50. The standard InChI is InChI=1S/C19H21F2N3O4S/c1-26-16-10-13(2-4-15(16)28-18(20)21)3-5-17(25)23-19-22-14(12-29-19)11-24-6-8-27-9-7-24/h2-5,10,12,18H,6-9,11H2,1H3,(H,22,23,25)/b5-3+. The highest BCUT2D eigenvalue weighted by atomic mass is 32.1. The molecule has 2 aromatic rings. The van der Waals surface area contributed by atoms with E-state index in [1.165, 1.54) is 36.7 Å². The molecule has 1 fully saturated rings. The average Bonchev–Trinajstić information content (AvgIpc) is 3.14. The summed E-state index contributed by atoms with van der Waals surface area (Å²) in [6.07, 6.45) is 2.89. The number of rotatable bonds is 8. The van der Waals surface area contributed by atoms with Crippen molar-refractivity contribution >= 4 is 28.5 Å². The summed E-state index contributed by atoms with van der Waals surface area (Å²) in [5.41, 5.74) is 1.50. The Hall–Kier alpha value is -2.56. The largest absolute Gasteiger partial charge is 0.493 e. The van der Waals surface area contributed by atoms with Gasteiger partial charge in [0.15, 0.2) is 16.6 Å². The highest BCUT2D eigenvalue weighted by Crippen LogP contribution is 2.29. The molecule has 1 N–H and O–H groups in total. The molecular weight excluding hydrogens is 404 g/mol. The summed E-state index contributed by atoms with van der Waals surface area (Å²) in [4.78, 5) is 18.8. The smallest absolute Gasteiger partial charge is 0.387 e. The van der Waals surface area contributed by atoms with Gasteiger partial charge in [-0.2, -0.15) is 8.78 Å². The third kappa shape index (κ3) is 6.48. The minimum Gasteiger partial charge on any atom is -0.493 e. The fraction of sp³-hybridized carbons (Fsp3) is 0.368. The van der Waals surface area contributed by atoms with Crippen LogP contribution < -0.4 is 14.8 Å². The normalized spacial score (nSPS) is 15.0. The van der Waals surface area contributed by atoms with Gasteiger partial charge in [-0.15, -0.1) is 11.3 Å². The van der Waals surface area contributed by atoms with Crippen LogP contribution in [0.15, 0.2) is 29.7 Å². The topological polar surface area (TPSA) is 72.9 Å². The van der Waals surface area contributed by atoms with E-state index in [2.05, 4.69) is 19.9 Å². The van der Waals surface area contributed by atoms with Crippen molar-refractivity contribution in [3.63, 3.8) is 0 Å². The van der Waals surface area contributed by atoms with Crippen LogP contribution in [0.2, 0.25) is 0 Å². The maximum absolute atomic E-state index is 12.4. The number of ether oxygens (including phenoxy) is 3. The number of carbonyl (C=O) groups is 1. The summed E-state index contributed by atoms with van der Waals surface area (Å²) in [6.45, 7) is 0.955. The van der Waals surface area contributed by atoms with E-state index in [0.29, 0.717) is 10.7 Å². The number of alkyl halides is 2. The van der Waals surface area contributed by atoms with E-state index < -0.39 is 6.61 Å². The molecule has 156 valence electrons. The van der Waals surface area contributed by atoms with Crippen LogP contribution in [0, 0.1) is 0 Å². The van der Waals surface area contributed by atoms with Crippen LogP contribution in [-0.2, 0) is 16.1 Å². The van der Waals surface area contributed by atoms with Crippen molar-refractivity contribution in [1.29, 1.82) is 0 Å². The van der Waals surface area contributed by atoms with Crippen LogP contribution in [0.5, 0.6) is 11.5 Å². The van der Waals surface area contributed by atoms with Crippen LogP contribution in [0.25, 0.3) is 6.08 Å². The van der Waals surface area contributed by atoms with E-state index >= 15 is 0 Å². The number of anilines is 1. The molecule has 0 saturated carbocycles. The molecule has 0 radical (unpaired) electrons. The summed E-state index contributed by atoms with van der Waals surface area (Å²) in [5, 5.41) is 5.15. The van der Waals surface area contributed by atoms with Gasteiger partial charge in [-0.3, -0.25) is 15.0 Å². The lowest BCUT2D eigenvalue weighted by Crippen LogP contribution is -2.35. The number of halogens is 2. The van der Waals surface area contributed by atoms with Gasteiger partial charge in [0.1, 0.15) is 0 Å². The Labute approximate surface area is 170 Å². The van der Waals surface area contributed by atoms with Gasteiger partial charge in [0.05, 0.1) is 26.0 Å². The number of carbonyl (C=O) groups excluding carboxylic acids is 1. The summed E-state index contributed by atoms with van der Waals surface area (Å²) >= 11 is 1.36.